The Morgan fingerprint density at radius 2 is 1.86 bits per heavy atom. The van der Waals surface area contributed by atoms with E-state index in [0.717, 1.165) is 24.1 Å². The number of amides is 1. The molecule has 0 radical (unpaired) electrons. The van der Waals surface area contributed by atoms with Gasteiger partial charge in [-0.15, -0.1) is 0 Å². The van der Waals surface area contributed by atoms with E-state index in [9.17, 15) is 9.59 Å². The summed E-state index contributed by atoms with van der Waals surface area (Å²) in [5.74, 6) is -0.0679. The standard InChI is InChI=1S/C22H21ClN4O2/c23-21-18(13-25-27(22(21)29)15-16-7-2-1-3-8-16)24-14-20(28)26-12-6-10-17-9-4-5-11-19(17)26/h1-5,7-9,11,13,24H,6,10,12,14-15H2. The van der Waals surface area contributed by atoms with Crippen LogP contribution in [-0.2, 0) is 17.8 Å². The van der Waals surface area contributed by atoms with E-state index in [1.165, 1.54) is 16.4 Å². The van der Waals surface area contributed by atoms with Crippen molar-refractivity contribution in [3.8, 4) is 0 Å². The number of aromatic nitrogens is 2. The molecule has 2 heterocycles. The average Bonchev–Trinajstić information content (AvgIpc) is 2.76. The molecule has 0 bridgehead atoms. The molecule has 0 spiro atoms. The Morgan fingerprint density at radius 1 is 1.10 bits per heavy atom. The van der Waals surface area contributed by atoms with Crippen LogP contribution in [0.5, 0.6) is 0 Å². The number of nitrogens with zero attached hydrogens (tertiary/aromatic N) is 3. The van der Waals surface area contributed by atoms with E-state index in [0.29, 0.717) is 18.8 Å². The van der Waals surface area contributed by atoms with E-state index in [-0.39, 0.29) is 17.5 Å². The Balaban J connectivity index is 1.46. The number of para-hydroxylation sites is 1. The molecule has 0 saturated carbocycles. The molecule has 1 amide bonds. The third kappa shape index (κ3) is 4.17. The summed E-state index contributed by atoms with van der Waals surface area (Å²) >= 11 is 6.25. The van der Waals surface area contributed by atoms with Crippen LogP contribution >= 0.6 is 11.6 Å². The number of hydrogen-bond donors (Lipinski definition) is 1. The predicted octanol–water partition coefficient (Wildman–Crippen LogP) is 3.34. The fourth-order valence-electron chi connectivity index (χ4n) is 3.52. The highest BCUT2D eigenvalue weighted by atomic mass is 35.5. The molecule has 3 aromatic rings. The van der Waals surface area contributed by atoms with Gasteiger partial charge in [0.25, 0.3) is 5.56 Å². The summed E-state index contributed by atoms with van der Waals surface area (Å²) in [4.78, 5) is 27.1. The molecule has 1 aliphatic rings. The lowest BCUT2D eigenvalue weighted by Gasteiger charge is -2.29. The van der Waals surface area contributed by atoms with Gasteiger partial charge in [0, 0.05) is 12.2 Å². The minimum absolute atomic E-state index is 0.0303. The Kier molecular flexibility index (Phi) is 5.62. The number of carbonyl (C=O) groups excluding carboxylic acids is 1. The second-order valence-corrected chi connectivity index (χ2v) is 7.33. The monoisotopic (exact) mass is 408 g/mol. The van der Waals surface area contributed by atoms with Crippen molar-refractivity contribution < 1.29 is 4.79 Å². The molecule has 2 aromatic carbocycles. The first-order chi connectivity index (χ1) is 14.1. The van der Waals surface area contributed by atoms with Crippen molar-refractivity contribution in [2.45, 2.75) is 19.4 Å². The number of fused-ring (bicyclic) bond motifs is 1. The lowest BCUT2D eigenvalue weighted by molar-refractivity contribution is -0.117. The van der Waals surface area contributed by atoms with E-state index in [4.69, 9.17) is 11.6 Å². The quantitative estimate of drug-likeness (QED) is 0.703. The normalized spacial score (nSPS) is 13.1. The van der Waals surface area contributed by atoms with Crippen molar-refractivity contribution in [2.24, 2.45) is 0 Å². The number of halogens is 1. The van der Waals surface area contributed by atoms with Gasteiger partial charge in [-0.3, -0.25) is 9.59 Å². The van der Waals surface area contributed by atoms with Gasteiger partial charge in [0.1, 0.15) is 5.02 Å². The Bertz CT molecular complexity index is 1080. The molecule has 29 heavy (non-hydrogen) atoms. The maximum absolute atomic E-state index is 12.8. The maximum Gasteiger partial charge on any atom is 0.287 e. The maximum atomic E-state index is 12.8. The largest absolute Gasteiger partial charge is 0.373 e. The minimum atomic E-state index is -0.392. The van der Waals surface area contributed by atoms with Gasteiger partial charge in [-0.05, 0) is 30.0 Å². The van der Waals surface area contributed by atoms with Crippen LogP contribution in [0.2, 0.25) is 5.02 Å². The zero-order valence-electron chi connectivity index (χ0n) is 15.8. The molecule has 0 fully saturated rings. The molecule has 0 unspecified atom stereocenters. The zero-order chi connectivity index (χ0) is 20.2. The van der Waals surface area contributed by atoms with Crippen molar-refractivity contribution in [1.82, 2.24) is 9.78 Å². The van der Waals surface area contributed by atoms with E-state index >= 15 is 0 Å². The van der Waals surface area contributed by atoms with Gasteiger partial charge in [0.15, 0.2) is 0 Å². The van der Waals surface area contributed by atoms with Gasteiger partial charge in [0.2, 0.25) is 5.91 Å². The summed E-state index contributed by atoms with van der Waals surface area (Å²) < 4.78 is 1.31. The van der Waals surface area contributed by atoms with Crippen LogP contribution in [0.25, 0.3) is 0 Å². The Labute approximate surface area is 173 Å². The van der Waals surface area contributed by atoms with Crippen molar-refractivity contribution in [1.29, 1.82) is 0 Å². The van der Waals surface area contributed by atoms with Crippen LogP contribution in [0.1, 0.15) is 17.5 Å². The smallest absolute Gasteiger partial charge is 0.287 e. The van der Waals surface area contributed by atoms with Gasteiger partial charge < -0.3 is 10.2 Å². The SMILES string of the molecule is O=C(CNc1cnn(Cc2ccccc2)c(=O)c1Cl)N1CCCc2ccccc21. The number of hydrogen-bond acceptors (Lipinski definition) is 4. The summed E-state index contributed by atoms with van der Waals surface area (Å²) in [6.07, 6.45) is 3.40. The highest BCUT2D eigenvalue weighted by Gasteiger charge is 2.22. The molecular weight excluding hydrogens is 388 g/mol. The predicted molar refractivity (Wildman–Crippen MR) is 115 cm³/mol. The summed E-state index contributed by atoms with van der Waals surface area (Å²) in [5, 5.41) is 7.20. The van der Waals surface area contributed by atoms with Crippen LogP contribution in [0.15, 0.2) is 65.6 Å². The second-order valence-electron chi connectivity index (χ2n) is 6.95. The van der Waals surface area contributed by atoms with Crippen LogP contribution < -0.4 is 15.8 Å². The van der Waals surface area contributed by atoms with Gasteiger partial charge >= 0.3 is 0 Å². The van der Waals surface area contributed by atoms with E-state index in [1.54, 1.807) is 4.90 Å². The van der Waals surface area contributed by atoms with E-state index < -0.39 is 5.56 Å². The van der Waals surface area contributed by atoms with Crippen LogP contribution in [0.4, 0.5) is 11.4 Å². The van der Waals surface area contributed by atoms with Crippen molar-refractivity contribution in [2.75, 3.05) is 23.3 Å². The summed E-state index contributed by atoms with van der Waals surface area (Å²) in [7, 11) is 0. The molecule has 1 aromatic heterocycles. The van der Waals surface area contributed by atoms with Gasteiger partial charge in [-0.1, -0.05) is 60.1 Å². The van der Waals surface area contributed by atoms with Crippen molar-refractivity contribution in [3.05, 3.63) is 87.3 Å². The molecule has 7 heteroatoms. The third-order valence-electron chi connectivity index (χ3n) is 5.00. The van der Waals surface area contributed by atoms with Gasteiger partial charge in [-0.2, -0.15) is 5.10 Å². The minimum Gasteiger partial charge on any atom is -0.373 e. The second kappa shape index (κ2) is 8.49. The number of rotatable bonds is 5. The summed E-state index contributed by atoms with van der Waals surface area (Å²) in [6, 6.07) is 17.5. The van der Waals surface area contributed by atoms with Crippen molar-refractivity contribution in [3.63, 3.8) is 0 Å². The molecular formula is C22H21ClN4O2. The fraction of sp³-hybridized carbons (Fsp3) is 0.227. The lowest BCUT2D eigenvalue weighted by atomic mass is 10.0. The number of anilines is 2. The number of nitrogens with one attached hydrogen (secondary N) is 1. The first-order valence-electron chi connectivity index (χ1n) is 9.55. The van der Waals surface area contributed by atoms with E-state index in [2.05, 4.69) is 16.5 Å². The van der Waals surface area contributed by atoms with Crippen LogP contribution in [-0.4, -0.2) is 28.8 Å². The molecule has 148 valence electrons. The molecule has 0 aliphatic carbocycles. The molecule has 4 rings (SSSR count). The zero-order valence-corrected chi connectivity index (χ0v) is 16.6. The first-order valence-corrected chi connectivity index (χ1v) is 9.93. The topological polar surface area (TPSA) is 67.2 Å². The molecule has 0 atom stereocenters. The van der Waals surface area contributed by atoms with Crippen LogP contribution in [0.3, 0.4) is 0 Å². The first kappa shape index (κ1) is 19.2. The molecule has 1 N–H and O–H groups in total. The summed E-state index contributed by atoms with van der Waals surface area (Å²) in [5.41, 5.74) is 3.05. The number of carbonyl (C=O) groups is 1. The lowest BCUT2D eigenvalue weighted by Crippen LogP contribution is -2.39. The fourth-order valence-corrected chi connectivity index (χ4v) is 3.73. The van der Waals surface area contributed by atoms with Gasteiger partial charge in [-0.25, -0.2) is 4.68 Å². The highest BCUT2D eigenvalue weighted by Crippen LogP contribution is 2.26. The molecule has 0 saturated heterocycles. The highest BCUT2D eigenvalue weighted by molar-refractivity contribution is 6.33. The van der Waals surface area contributed by atoms with E-state index in [1.807, 2.05) is 48.5 Å². The Morgan fingerprint density at radius 3 is 2.69 bits per heavy atom. The average molecular weight is 409 g/mol. The molecule has 1 aliphatic heterocycles. The number of benzene rings is 2. The van der Waals surface area contributed by atoms with Gasteiger partial charge in [0.05, 0.1) is 25.0 Å². The third-order valence-corrected chi connectivity index (χ3v) is 5.37. The van der Waals surface area contributed by atoms with Crippen LogP contribution in [0, 0.1) is 0 Å². The Hall–Kier alpha value is -3.12. The van der Waals surface area contributed by atoms with Crippen molar-refractivity contribution >= 4 is 28.9 Å². The molecule has 6 nitrogen and oxygen atoms in total. The summed E-state index contributed by atoms with van der Waals surface area (Å²) in [6.45, 7) is 1.06. The number of aryl methyl sites for hydroxylation is 1.